The number of hydrogen-bond acceptors (Lipinski definition) is 2. The Morgan fingerprint density at radius 1 is 1.24 bits per heavy atom. The molecule has 108 valence electrons. The van der Waals surface area contributed by atoms with E-state index in [-0.39, 0.29) is 5.91 Å². The largest absolute Gasteiger partial charge is 0.348 e. The van der Waals surface area contributed by atoms with Gasteiger partial charge in [0.15, 0.2) is 5.69 Å². The number of amides is 1. The monoisotopic (exact) mass is 281 g/mol. The fourth-order valence-electron chi connectivity index (χ4n) is 3.00. The third kappa shape index (κ3) is 2.24. The first-order valence-electron chi connectivity index (χ1n) is 7.71. The normalized spacial score (nSPS) is 16.8. The molecule has 0 bridgehead atoms. The number of carbonyl (C=O) groups excluding carboxylic acids is 1. The molecule has 0 aliphatic heterocycles. The quantitative estimate of drug-likeness (QED) is 0.940. The molecule has 1 aromatic heterocycles. The minimum absolute atomic E-state index is 0.00140. The number of hydrogen-bond donors (Lipinski definition) is 1. The van der Waals surface area contributed by atoms with Crippen LogP contribution < -0.4 is 5.32 Å². The summed E-state index contributed by atoms with van der Waals surface area (Å²) in [4.78, 5) is 12.4. The number of nitrogens with zero attached hydrogens (tertiary/aromatic N) is 2. The number of carbonyl (C=O) groups is 1. The van der Waals surface area contributed by atoms with Gasteiger partial charge in [-0.2, -0.15) is 5.10 Å². The van der Waals surface area contributed by atoms with Crippen LogP contribution in [0.15, 0.2) is 24.3 Å². The van der Waals surface area contributed by atoms with Crippen molar-refractivity contribution in [2.24, 2.45) is 0 Å². The van der Waals surface area contributed by atoms with E-state index in [2.05, 4.69) is 41.6 Å². The number of nitrogens with one attached hydrogen (secondary N) is 1. The van der Waals surface area contributed by atoms with E-state index in [1.165, 1.54) is 11.3 Å². The summed E-state index contributed by atoms with van der Waals surface area (Å²) < 4.78 is 1.96. The fraction of sp³-hybridized carbons (Fsp3) is 0.412. The zero-order valence-electron chi connectivity index (χ0n) is 12.2. The van der Waals surface area contributed by atoms with Crippen molar-refractivity contribution in [3.63, 3.8) is 0 Å². The molecule has 1 amide bonds. The van der Waals surface area contributed by atoms with Crippen LogP contribution in [0, 0.1) is 6.92 Å². The summed E-state index contributed by atoms with van der Waals surface area (Å²) in [7, 11) is 0. The number of aromatic nitrogens is 2. The van der Waals surface area contributed by atoms with E-state index in [0.29, 0.717) is 11.7 Å². The standard InChI is InChI=1S/C17H19N3O/c1-11-5-9-13(10-6-11)20-15-4-2-3-14(15)16(19-20)17(21)18-12-7-8-12/h5-6,9-10,12H,2-4,7-8H2,1H3,(H,18,21). The van der Waals surface area contributed by atoms with E-state index in [0.717, 1.165) is 43.4 Å². The molecular formula is C17H19N3O. The van der Waals surface area contributed by atoms with Crippen molar-refractivity contribution in [3.05, 3.63) is 46.8 Å². The zero-order valence-corrected chi connectivity index (χ0v) is 12.2. The highest BCUT2D eigenvalue weighted by atomic mass is 16.2. The Balaban J connectivity index is 1.74. The molecule has 1 aromatic carbocycles. The van der Waals surface area contributed by atoms with Crippen LogP contribution >= 0.6 is 0 Å². The van der Waals surface area contributed by atoms with Crippen LogP contribution in [-0.2, 0) is 12.8 Å². The van der Waals surface area contributed by atoms with Crippen LogP contribution in [0.5, 0.6) is 0 Å². The Kier molecular flexibility index (Phi) is 2.84. The van der Waals surface area contributed by atoms with Crippen LogP contribution in [0.4, 0.5) is 0 Å². The fourth-order valence-corrected chi connectivity index (χ4v) is 3.00. The highest BCUT2D eigenvalue weighted by molar-refractivity contribution is 5.94. The molecule has 4 heteroatoms. The van der Waals surface area contributed by atoms with E-state index in [1.807, 2.05) is 4.68 Å². The van der Waals surface area contributed by atoms with E-state index in [4.69, 9.17) is 0 Å². The molecule has 0 radical (unpaired) electrons. The van der Waals surface area contributed by atoms with Crippen LogP contribution in [-0.4, -0.2) is 21.7 Å². The molecule has 0 saturated heterocycles. The van der Waals surface area contributed by atoms with Gasteiger partial charge >= 0.3 is 0 Å². The van der Waals surface area contributed by atoms with Gasteiger partial charge in [0.05, 0.1) is 5.69 Å². The van der Waals surface area contributed by atoms with Gasteiger partial charge in [-0.3, -0.25) is 4.79 Å². The lowest BCUT2D eigenvalue weighted by atomic mass is 10.2. The van der Waals surface area contributed by atoms with Crippen molar-refractivity contribution >= 4 is 5.91 Å². The lowest BCUT2D eigenvalue weighted by molar-refractivity contribution is 0.0944. The molecule has 21 heavy (non-hydrogen) atoms. The number of fused-ring (bicyclic) bond motifs is 1. The summed E-state index contributed by atoms with van der Waals surface area (Å²) in [5, 5.41) is 7.68. The van der Waals surface area contributed by atoms with Gasteiger partial charge in [0.25, 0.3) is 5.91 Å². The molecule has 2 aromatic rings. The molecule has 4 rings (SSSR count). The highest BCUT2D eigenvalue weighted by Gasteiger charge is 2.30. The van der Waals surface area contributed by atoms with Crippen molar-refractivity contribution < 1.29 is 4.79 Å². The summed E-state index contributed by atoms with van der Waals surface area (Å²) in [6.45, 7) is 2.08. The number of rotatable bonds is 3. The van der Waals surface area contributed by atoms with Crippen molar-refractivity contribution in [1.82, 2.24) is 15.1 Å². The second-order valence-corrected chi connectivity index (χ2v) is 6.12. The van der Waals surface area contributed by atoms with Gasteiger partial charge in [-0.1, -0.05) is 17.7 Å². The predicted octanol–water partition coefficient (Wildman–Crippen LogP) is 2.56. The van der Waals surface area contributed by atoms with E-state index in [1.54, 1.807) is 0 Å². The number of benzene rings is 1. The molecule has 0 spiro atoms. The third-order valence-electron chi connectivity index (χ3n) is 4.34. The topological polar surface area (TPSA) is 46.9 Å². The van der Waals surface area contributed by atoms with E-state index < -0.39 is 0 Å². The summed E-state index contributed by atoms with van der Waals surface area (Å²) in [5.41, 5.74) is 5.27. The summed E-state index contributed by atoms with van der Waals surface area (Å²) in [5.74, 6) is 0.00140. The summed E-state index contributed by atoms with van der Waals surface area (Å²) >= 11 is 0. The molecule has 4 nitrogen and oxygen atoms in total. The Bertz CT molecular complexity index is 696. The van der Waals surface area contributed by atoms with Gasteiger partial charge in [0.2, 0.25) is 0 Å². The van der Waals surface area contributed by atoms with Gasteiger partial charge in [0, 0.05) is 17.3 Å². The van der Waals surface area contributed by atoms with Crippen molar-refractivity contribution in [2.45, 2.75) is 45.1 Å². The second kappa shape index (κ2) is 4.72. The van der Waals surface area contributed by atoms with Gasteiger partial charge in [-0.25, -0.2) is 4.68 Å². The van der Waals surface area contributed by atoms with Crippen LogP contribution in [0.25, 0.3) is 5.69 Å². The van der Waals surface area contributed by atoms with Gasteiger partial charge in [-0.05, 0) is 51.2 Å². The minimum atomic E-state index is 0.00140. The van der Waals surface area contributed by atoms with Gasteiger partial charge in [0.1, 0.15) is 0 Å². The Labute approximate surface area is 124 Å². The number of aryl methyl sites for hydroxylation is 1. The molecule has 1 heterocycles. The molecule has 1 N–H and O–H groups in total. The maximum absolute atomic E-state index is 12.4. The lowest BCUT2D eigenvalue weighted by Gasteiger charge is -2.05. The first kappa shape index (κ1) is 12.6. The summed E-state index contributed by atoms with van der Waals surface area (Å²) in [6.07, 6.45) is 5.30. The van der Waals surface area contributed by atoms with Crippen LogP contribution in [0.3, 0.4) is 0 Å². The van der Waals surface area contributed by atoms with Crippen molar-refractivity contribution in [1.29, 1.82) is 0 Å². The third-order valence-corrected chi connectivity index (χ3v) is 4.34. The minimum Gasteiger partial charge on any atom is -0.348 e. The average Bonchev–Trinajstić information content (AvgIpc) is 3.02. The maximum Gasteiger partial charge on any atom is 0.272 e. The molecule has 2 aliphatic carbocycles. The lowest BCUT2D eigenvalue weighted by Crippen LogP contribution is -2.26. The Morgan fingerprint density at radius 2 is 2.00 bits per heavy atom. The SMILES string of the molecule is Cc1ccc(-n2nc(C(=O)NC3CC3)c3c2CCC3)cc1. The first-order chi connectivity index (χ1) is 10.2. The van der Waals surface area contributed by atoms with E-state index >= 15 is 0 Å². The average molecular weight is 281 g/mol. The highest BCUT2D eigenvalue weighted by Crippen LogP contribution is 2.28. The second-order valence-electron chi connectivity index (χ2n) is 6.12. The first-order valence-corrected chi connectivity index (χ1v) is 7.71. The molecular weight excluding hydrogens is 262 g/mol. The van der Waals surface area contributed by atoms with E-state index in [9.17, 15) is 4.79 Å². The molecule has 1 fully saturated rings. The maximum atomic E-state index is 12.4. The predicted molar refractivity (Wildman–Crippen MR) is 80.8 cm³/mol. The Morgan fingerprint density at radius 3 is 2.71 bits per heavy atom. The summed E-state index contributed by atoms with van der Waals surface area (Å²) in [6, 6.07) is 8.69. The molecule has 1 saturated carbocycles. The van der Waals surface area contributed by atoms with Crippen molar-refractivity contribution in [3.8, 4) is 5.69 Å². The van der Waals surface area contributed by atoms with Crippen LogP contribution in [0.1, 0.15) is 46.6 Å². The van der Waals surface area contributed by atoms with Gasteiger partial charge < -0.3 is 5.32 Å². The van der Waals surface area contributed by atoms with Gasteiger partial charge in [-0.15, -0.1) is 0 Å². The zero-order chi connectivity index (χ0) is 14.4. The smallest absolute Gasteiger partial charge is 0.272 e. The molecule has 0 atom stereocenters. The Hall–Kier alpha value is -2.10. The molecule has 0 unspecified atom stereocenters. The van der Waals surface area contributed by atoms with Crippen LogP contribution in [0.2, 0.25) is 0 Å². The van der Waals surface area contributed by atoms with Crippen molar-refractivity contribution in [2.75, 3.05) is 0 Å². The molecule has 2 aliphatic rings.